The summed E-state index contributed by atoms with van der Waals surface area (Å²) in [5.41, 5.74) is 2.73. The molecule has 1 aliphatic rings. The number of halogens is 1. The topological polar surface area (TPSA) is 72.9 Å². The molecule has 2 aromatic rings. The number of benzene rings is 2. The molecule has 0 spiro atoms. The molecule has 0 unspecified atom stereocenters. The number of likely N-dealkylation sites (tertiary alicyclic amines) is 1. The van der Waals surface area contributed by atoms with Crippen molar-refractivity contribution < 1.29 is 19.4 Å². The van der Waals surface area contributed by atoms with Crippen molar-refractivity contribution in [2.75, 3.05) is 24.6 Å². The monoisotopic (exact) mass is 457 g/mol. The third-order valence-corrected chi connectivity index (χ3v) is 6.21. The number of anilines is 1. The number of ether oxygens (including phenoxy) is 1. The normalized spacial score (nSPS) is 15.0. The number of rotatable bonds is 8. The van der Waals surface area contributed by atoms with Crippen LogP contribution in [-0.2, 0) is 22.4 Å². The van der Waals surface area contributed by atoms with E-state index >= 15 is 0 Å². The lowest BCUT2D eigenvalue weighted by Gasteiger charge is -2.40. The van der Waals surface area contributed by atoms with Gasteiger partial charge in [0.05, 0.1) is 6.42 Å². The predicted octanol–water partition coefficient (Wildman–Crippen LogP) is 3.69. The Labute approximate surface area is 194 Å². The fourth-order valence-electron chi connectivity index (χ4n) is 4.16. The van der Waals surface area contributed by atoms with E-state index in [1.54, 1.807) is 0 Å². The maximum atomic E-state index is 13.4. The Morgan fingerprint density at radius 1 is 1.06 bits per heavy atom. The van der Waals surface area contributed by atoms with Gasteiger partial charge in [-0.25, -0.2) is 0 Å². The van der Waals surface area contributed by atoms with Gasteiger partial charge in [0.15, 0.2) is 0 Å². The maximum absolute atomic E-state index is 13.4. The van der Waals surface area contributed by atoms with Gasteiger partial charge in [-0.1, -0.05) is 35.9 Å². The Morgan fingerprint density at radius 2 is 1.66 bits per heavy atom. The van der Waals surface area contributed by atoms with E-state index in [1.807, 2.05) is 53.4 Å². The third-order valence-electron chi connectivity index (χ3n) is 5.96. The molecule has 0 radical (unpaired) electrons. The molecule has 2 aromatic carbocycles. The molecule has 1 amide bonds. The van der Waals surface area contributed by atoms with E-state index < -0.39 is 6.16 Å². The number of carbonyl (C=O) groups excluding carboxylic acids is 2. The van der Waals surface area contributed by atoms with Crippen LogP contribution in [0, 0.1) is 0 Å². The van der Waals surface area contributed by atoms with Crippen LogP contribution in [0.15, 0.2) is 48.5 Å². The molecule has 1 saturated heterocycles. The van der Waals surface area contributed by atoms with Gasteiger partial charge in [0.2, 0.25) is 5.91 Å². The molecule has 7 heteroatoms. The van der Waals surface area contributed by atoms with Crippen LogP contribution in [0.2, 0.25) is 5.02 Å². The molecule has 0 bridgehead atoms. The minimum Gasteiger partial charge on any atom is -0.549 e. The molecule has 0 aromatic heterocycles. The first-order chi connectivity index (χ1) is 15.3. The number of amides is 1. The van der Waals surface area contributed by atoms with Gasteiger partial charge in [-0.15, -0.1) is 0 Å². The zero-order valence-corrected chi connectivity index (χ0v) is 19.4. The van der Waals surface area contributed by atoms with Crippen molar-refractivity contribution in [1.29, 1.82) is 0 Å². The van der Waals surface area contributed by atoms with Gasteiger partial charge in [-0.05, 0) is 68.5 Å². The van der Waals surface area contributed by atoms with Crippen LogP contribution in [0.1, 0.15) is 37.8 Å². The van der Waals surface area contributed by atoms with Crippen molar-refractivity contribution in [2.24, 2.45) is 0 Å². The number of hydrogen-bond acceptors (Lipinski definition) is 5. The minimum absolute atomic E-state index is 0.0556. The quantitative estimate of drug-likeness (QED) is 0.565. The second-order valence-corrected chi connectivity index (χ2v) is 8.88. The Balaban J connectivity index is 1.70. The Morgan fingerprint density at radius 3 is 2.22 bits per heavy atom. The number of carboxylic acid groups (broad SMARTS) is 1. The zero-order valence-electron chi connectivity index (χ0n) is 18.6. The van der Waals surface area contributed by atoms with Crippen LogP contribution in [0.4, 0.5) is 10.5 Å². The summed E-state index contributed by atoms with van der Waals surface area (Å²) in [6.45, 7) is 6.41. The van der Waals surface area contributed by atoms with E-state index in [0.717, 1.165) is 42.7 Å². The largest absolute Gasteiger partial charge is 0.549 e. The summed E-state index contributed by atoms with van der Waals surface area (Å²) in [5, 5.41) is 11.0. The molecule has 0 saturated carbocycles. The number of hydrogen-bond donors (Lipinski definition) is 0. The fourth-order valence-corrected chi connectivity index (χ4v) is 4.28. The van der Waals surface area contributed by atoms with Crippen LogP contribution < -0.4 is 10.0 Å². The summed E-state index contributed by atoms with van der Waals surface area (Å²) in [4.78, 5) is 28.2. The van der Waals surface area contributed by atoms with Gasteiger partial charge < -0.3 is 24.4 Å². The molecule has 1 fully saturated rings. The molecule has 1 heterocycles. The Hall–Kier alpha value is -2.57. The minimum atomic E-state index is -1.52. The molecule has 0 N–H and O–H groups in total. The van der Waals surface area contributed by atoms with E-state index in [0.29, 0.717) is 23.9 Å². The van der Waals surface area contributed by atoms with E-state index in [-0.39, 0.29) is 18.6 Å². The summed E-state index contributed by atoms with van der Waals surface area (Å²) in [6.07, 6.45) is 1.11. The number of nitrogens with zero attached hydrogens (tertiary/aromatic N) is 2. The average molecular weight is 458 g/mol. The number of carbonyl (C=O) groups is 2. The first-order valence-corrected chi connectivity index (χ1v) is 11.4. The van der Waals surface area contributed by atoms with Crippen molar-refractivity contribution >= 4 is 29.4 Å². The molecular weight excluding hydrogens is 428 g/mol. The van der Waals surface area contributed by atoms with Gasteiger partial charge in [-0.2, -0.15) is 0 Å². The SMILES string of the molecule is CC(C)N1CCC(N(C(=O)Cc2ccc(CCOC(=O)[O-])cc2)c2ccc(Cl)cc2)CC1. The first-order valence-electron chi connectivity index (χ1n) is 11.1. The van der Waals surface area contributed by atoms with E-state index in [1.165, 1.54) is 0 Å². The molecule has 3 rings (SSSR count). The average Bonchev–Trinajstić information content (AvgIpc) is 2.76. The van der Waals surface area contributed by atoms with Crippen LogP contribution >= 0.6 is 11.6 Å². The maximum Gasteiger partial charge on any atom is 0.251 e. The van der Waals surface area contributed by atoms with Crippen molar-refractivity contribution in [1.82, 2.24) is 4.90 Å². The van der Waals surface area contributed by atoms with Crippen LogP contribution in [0.3, 0.4) is 0 Å². The molecule has 1 aliphatic heterocycles. The standard InChI is InChI=1S/C25H31ClN2O4/c1-18(2)27-14-11-23(12-15-27)28(22-9-7-21(26)8-10-22)24(29)17-20-5-3-19(4-6-20)13-16-32-25(30)31/h3-10,18,23H,11-17H2,1-2H3,(H,30,31)/p-1. The van der Waals surface area contributed by atoms with Crippen LogP contribution in [0.25, 0.3) is 0 Å². The van der Waals surface area contributed by atoms with Crippen molar-refractivity contribution in [3.63, 3.8) is 0 Å². The van der Waals surface area contributed by atoms with Crippen molar-refractivity contribution in [3.05, 3.63) is 64.7 Å². The molecular formula is C25H30ClN2O4-. The smallest absolute Gasteiger partial charge is 0.251 e. The second kappa shape index (κ2) is 11.3. The lowest BCUT2D eigenvalue weighted by Crippen LogP contribution is -2.49. The molecule has 172 valence electrons. The highest BCUT2D eigenvalue weighted by Gasteiger charge is 2.29. The van der Waals surface area contributed by atoms with E-state index in [2.05, 4.69) is 23.5 Å². The van der Waals surface area contributed by atoms with Crippen LogP contribution in [-0.4, -0.2) is 48.7 Å². The highest BCUT2D eigenvalue weighted by Crippen LogP contribution is 2.27. The Kier molecular flexibility index (Phi) is 8.53. The Bertz CT molecular complexity index is 891. The number of piperidine rings is 1. The van der Waals surface area contributed by atoms with Gasteiger partial charge in [-0.3, -0.25) is 4.79 Å². The second-order valence-electron chi connectivity index (χ2n) is 8.44. The first kappa shape index (κ1) is 24.1. The van der Waals surface area contributed by atoms with Crippen molar-refractivity contribution in [3.8, 4) is 0 Å². The lowest BCUT2D eigenvalue weighted by atomic mass is 9.99. The summed E-state index contributed by atoms with van der Waals surface area (Å²) in [6, 6.07) is 15.7. The lowest BCUT2D eigenvalue weighted by molar-refractivity contribution is -0.282. The highest BCUT2D eigenvalue weighted by molar-refractivity contribution is 6.30. The molecule has 32 heavy (non-hydrogen) atoms. The van der Waals surface area contributed by atoms with Gasteiger partial charge in [0, 0.05) is 42.5 Å². The van der Waals surface area contributed by atoms with E-state index in [4.69, 9.17) is 11.6 Å². The fraction of sp³-hybridized carbons (Fsp3) is 0.440. The zero-order chi connectivity index (χ0) is 23.1. The predicted molar refractivity (Wildman–Crippen MR) is 124 cm³/mol. The van der Waals surface area contributed by atoms with Gasteiger partial charge >= 0.3 is 0 Å². The molecule has 0 aliphatic carbocycles. The van der Waals surface area contributed by atoms with Gasteiger partial charge in [0.25, 0.3) is 6.16 Å². The summed E-state index contributed by atoms with van der Waals surface area (Å²) >= 11 is 6.08. The summed E-state index contributed by atoms with van der Waals surface area (Å²) in [5.74, 6) is 0.0587. The van der Waals surface area contributed by atoms with E-state index in [9.17, 15) is 14.7 Å². The van der Waals surface area contributed by atoms with Crippen molar-refractivity contribution in [2.45, 2.75) is 51.6 Å². The highest BCUT2D eigenvalue weighted by atomic mass is 35.5. The summed E-state index contributed by atoms with van der Waals surface area (Å²) in [7, 11) is 0. The van der Waals surface area contributed by atoms with Gasteiger partial charge in [0.1, 0.15) is 0 Å². The third kappa shape index (κ3) is 6.71. The molecule has 0 atom stereocenters. The van der Waals surface area contributed by atoms with Crippen LogP contribution in [0.5, 0.6) is 0 Å². The summed E-state index contributed by atoms with van der Waals surface area (Å²) < 4.78 is 4.45. The molecule has 6 nitrogen and oxygen atoms in total.